The zero-order chi connectivity index (χ0) is 12.3. The largest absolute Gasteiger partial charge is 0.394 e. The molecule has 0 aromatic carbocycles. The fourth-order valence-corrected chi connectivity index (χ4v) is 3.43. The summed E-state index contributed by atoms with van der Waals surface area (Å²) in [5.41, 5.74) is 7.76. The molecule has 5 heteroatoms. The summed E-state index contributed by atoms with van der Waals surface area (Å²) >= 11 is 2.08. The van der Waals surface area contributed by atoms with E-state index in [1.165, 1.54) is 25.0 Å². The highest BCUT2D eigenvalue weighted by molar-refractivity contribution is 7.99. The van der Waals surface area contributed by atoms with Gasteiger partial charge in [-0.1, -0.05) is 6.42 Å². The van der Waals surface area contributed by atoms with E-state index in [9.17, 15) is 0 Å². The van der Waals surface area contributed by atoms with E-state index in [0.29, 0.717) is 0 Å². The van der Waals surface area contributed by atoms with Crippen molar-refractivity contribution in [3.8, 4) is 0 Å². The third-order valence-corrected chi connectivity index (χ3v) is 4.64. The monoisotopic (exact) mass is 254 g/mol. The van der Waals surface area contributed by atoms with Crippen molar-refractivity contribution in [3.63, 3.8) is 0 Å². The number of anilines is 2. The molecular weight excluding hydrogens is 232 g/mol. The minimum Gasteiger partial charge on any atom is -0.394 e. The molecule has 4 nitrogen and oxygen atoms in total. The first-order chi connectivity index (χ1) is 8.22. The fourth-order valence-electron chi connectivity index (χ4n) is 2.19. The number of hydrogen-bond acceptors (Lipinski definition) is 4. The third kappa shape index (κ3) is 2.89. The Labute approximate surface area is 107 Å². The standard InChI is InChI=1S/C12H22N4S/c1-3-16-12(11(13)9(2)15-16)14-8-10-6-4-5-7-17-10/h10,14H,3-8,13H2,1-2H3. The van der Waals surface area contributed by atoms with Gasteiger partial charge in [-0.05, 0) is 32.4 Å². The van der Waals surface area contributed by atoms with Crippen LogP contribution in [0.2, 0.25) is 0 Å². The summed E-state index contributed by atoms with van der Waals surface area (Å²) in [6.45, 7) is 5.91. The molecule has 0 radical (unpaired) electrons. The molecule has 1 saturated heterocycles. The Balaban J connectivity index is 1.97. The summed E-state index contributed by atoms with van der Waals surface area (Å²) < 4.78 is 1.96. The lowest BCUT2D eigenvalue weighted by Gasteiger charge is -2.22. The highest BCUT2D eigenvalue weighted by Crippen LogP contribution is 2.27. The van der Waals surface area contributed by atoms with Crippen LogP contribution < -0.4 is 11.1 Å². The Morgan fingerprint density at radius 1 is 1.53 bits per heavy atom. The second-order valence-electron chi connectivity index (χ2n) is 4.53. The molecule has 2 heterocycles. The normalized spacial score (nSPS) is 20.5. The van der Waals surface area contributed by atoms with Crippen LogP contribution in [0.3, 0.4) is 0 Å². The Bertz CT molecular complexity index is 369. The molecule has 1 atom stereocenters. The Hall–Kier alpha value is -0.840. The van der Waals surface area contributed by atoms with Crippen molar-refractivity contribution in [3.05, 3.63) is 5.69 Å². The Morgan fingerprint density at radius 3 is 3.00 bits per heavy atom. The summed E-state index contributed by atoms with van der Waals surface area (Å²) in [5.74, 6) is 2.30. The summed E-state index contributed by atoms with van der Waals surface area (Å²) in [6.07, 6.45) is 4.05. The molecule has 0 spiro atoms. The second-order valence-corrected chi connectivity index (χ2v) is 5.94. The second kappa shape index (κ2) is 5.67. The zero-order valence-corrected chi connectivity index (χ0v) is 11.5. The van der Waals surface area contributed by atoms with E-state index < -0.39 is 0 Å². The summed E-state index contributed by atoms with van der Waals surface area (Å²) in [5, 5.41) is 8.62. The van der Waals surface area contributed by atoms with Gasteiger partial charge in [-0.25, -0.2) is 4.68 Å². The molecule has 17 heavy (non-hydrogen) atoms. The van der Waals surface area contributed by atoms with E-state index in [-0.39, 0.29) is 0 Å². The first-order valence-corrected chi connectivity index (χ1v) is 7.45. The van der Waals surface area contributed by atoms with E-state index in [2.05, 4.69) is 29.1 Å². The first-order valence-electron chi connectivity index (χ1n) is 6.40. The van der Waals surface area contributed by atoms with E-state index in [0.717, 1.165) is 35.5 Å². The van der Waals surface area contributed by atoms with Crippen molar-refractivity contribution in [2.45, 2.75) is 44.9 Å². The molecule has 3 N–H and O–H groups in total. The highest BCUT2D eigenvalue weighted by Gasteiger charge is 2.16. The van der Waals surface area contributed by atoms with Crippen LogP contribution in [-0.4, -0.2) is 27.3 Å². The van der Waals surface area contributed by atoms with Gasteiger partial charge in [-0.2, -0.15) is 16.9 Å². The van der Waals surface area contributed by atoms with Gasteiger partial charge in [0, 0.05) is 18.3 Å². The lowest BCUT2D eigenvalue weighted by atomic mass is 10.2. The molecule has 1 fully saturated rings. The number of nitrogen functional groups attached to an aromatic ring is 1. The number of rotatable bonds is 4. The van der Waals surface area contributed by atoms with Crippen LogP contribution in [0.5, 0.6) is 0 Å². The van der Waals surface area contributed by atoms with Gasteiger partial charge in [-0.15, -0.1) is 0 Å². The maximum Gasteiger partial charge on any atom is 0.148 e. The van der Waals surface area contributed by atoms with Crippen molar-refractivity contribution < 1.29 is 0 Å². The van der Waals surface area contributed by atoms with Gasteiger partial charge in [-0.3, -0.25) is 0 Å². The van der Waals surface area contributed by atoms with Gasteiger partial charge in [0.25, 0.3) is 0 Å². The van der Waals surface area contributed by atoms with Gasteiger partial charge in [0.2, 0.25) is 0 Å². The molecule has 1 aromatic rings. The average molecular weight is 254 g/mol. The highest BCUT2D eigenvalue weighted by atomic mass is 32.2. The van der Waals surface area contributed by atoms with E-state index in [1.54, 1.807) is 0 Å². The van der Waals surface area contributed by atoms with Crippen molar-refractivity contribution >= 4 is 23.3 Å². The van der Waals surface area contributed by atoms with Gasteiger partial charge in [0.05, 0.1) is 11.4 Å². The summed E-state index contributed by atoms with van der Waals surface area (Å²) in [4.78, 5) is 0. The van der Waals surface area contributed by atoms with Crippen LogP contribution in [-0.2, 0) is 6.54 Å². The van der Waals surface area contributed by atoms with E-state index >= 15 is 0 Å². The smallest absolute Gasteiger partial charge is 0.148 e. The predicted octanol–water partition coefficient (Wildman–Crippen LogP) is 2.49. The molecule has 0 amide bonds. The topological polar surface area (TPSA) is 55.9 Å². The molecule has 1 aliphatic rings. The maximum absolute atomic E-state index is 6.04. The summed E-state index contributed by atoms with van der Waals surface area (Å²) in [6, 6.07) is 0. The third-order valence-electron chi connectivity index (χ3n) is 3.24. The fraction of sp³-hybridized carbons (Fsp3) is 0.750. The van der Waals surface area contributed by atoms with Crippen molar-refractivity contribution in [2.75, 3.05) is 23.3 Å². The van der Waals surface area contributed by atoms with Crippen LogP contribution in [0.1, 0.15) is 31.9 Å². The molecule has 1 unspecified atom stereocenters. The van der Waals surface area contributed by atoms with E-state index in [1.807, 2.05) is 11.6 Å². The van der Waals surface area contributed by atoms with Crippen LogP contribution in [0.15, 0.2) is 0 Å². The molecule has 1 aliphatic heterocycles. The van der Waals surface area contributed by atoms with Gasteiger partial charge < -0.3 is 11.1 Å². The Kier molecular flexibility index (Phi) is 4.20. The number of hydrogen-bond donors (Lipinski definition) is 2. The summed E-state index contributed by atoms with van der Waals surface area (Å²) in [7, 11) is 0. The minimum atomic E-state index is 0.726. The maximum atomic E-state index is 6.04. The number of nitrogens with zero attached hydrogens (tertiary/aromatic N) is 2. The van der Waals surface area contributed by atoms with Crippen molar-refractivity contribution in [2.24, 2.45) is 0 Å². The van der Waals surface area contributed by atoms with Gasteiger partial charge in [0.1, 0.15) is 5.82 Å². The molecule has 0 aliphatic carbocycles. The van der Waals surface area contributed by atoms with Crippen LogP contribution in [0.25, 0.3) is 0 Å². The van der Waals surface area contributed by atoms with Crippen LogP contribution >= 0.6 is 11.8 Å². The molecule has 96 valence electrons. The zero-order valence-electron chi connectivity index (χ0n) is 10.7. The number of nitrogens with two attached hydrogens (primary N) is 1. The molecule has 0 bridgehead atoms. The van der Waals surface area contributed by atoms with Crippen molar-refractivity contribution in [1.82, 2.24) is 9.78 Å². The van der Waals surface area contributed by atoms with Gasteiger partial charge >= 0.3 is 0 Å². The number of aryl methyl sites for hydroxylation is 2. The average Bonchev–Trinajstić information content (AvgIpc) is 2.64. The minimum absolute atomic E-state index is 0.726. The number of thioether (sulfide) groups is 1. The SMILES string of the molecule is CCn1nc(C)c(N)c1NCC1CCCCS1. The lowest BCUT2D eigenvalue weighted by Crippen LogP contribution is -2.21. The first kappa shape index (κ1) is 12.6. The Morgan fingerprint density at radius 2 is 2.35 bits per heavy atom. The van der Waals surface area contributed by atoms with Gasteiger partial charge in [0.15, 0.2) is 0 Å². The molecule has 0 saturated carbocycles. The lowest BCUT2D eigenvalue weighted by molar-refractivity contribution is 0.646. The molecular formula is C12H22N4S. The molecule has 2 rings (SSSR count). The van der Waals surface area contributed by atoms with Crippen LogP contribution in [0, 0.1) is 6.92 Å². The number of nitrogens with one attached hydrogen (secondary N) is 1. The van der Waals surface area contributed by atoms with E-state index in [4.69, 9.17) is 5.73 Å². The quantitative estimate of drug-likeness (QED) is 0.867. The molecule has 1 aromatic heterocycles. The number of aromatic nitrogens is 2. The van der Waals surface area contributed by atoms with Crippen LogP contribution in [0.4, 0.5) is 11.5 Å². The van der Waals surface area contributed by atoms with Crippen molar-refractivity contribution in [1.29, 1.82) is 0 Å². The predicted molar refractivity (Wildman–Crippen MR) is 75.6 cm³/mol.